The number of carbonyl (C=O) groups is 1. The number of benzene rings is 3. The molecule has 0 aliphatic carbocycles. The molecule has 0 saturated carbocycles. The summed E-state index contributed by atoms with van der Waals surface area (Å²) in [6.07, 6.45) is 0.395. The lowest BCUT2D eigenvalue weighted by Crippen LogP contribution is -2.42. The molecule has 1 aliphatic rings. The molecule has 1 heterocycles. The van der Waals surface area contributed by atoms with Gasteiger partial charge in [-0.15, -0.1) is 0 Å². The van der Waals surface area contributed by atoms with Crippen molar-refractivity contribution >= 4 is 16.7 Å². The number of aliphatic hydroxyl groups is 1. The molecule has 1 fully saturated rings. The Bertz CT molecular complexity index is 969. The Morgan fingerprint density at radius 3 is 2.52 bits per heavy atom. The standard InChI is InChI=1S/C23H23NO3/c25-22-15-24(14-19-7-3-4-8-21(19)23(26)27)12-11-20(22)18-10-9-16-5-1-2-6-17(16)13-18/h1-10,13,20,22,25H,11-12,14-15H2,(H,26,27)/t20-,22+/m0/s1. The van der Waals surface area contributed by atoms with Crippen molar-refractivity contribution < 1.29 is 15.0 Å². The smallest absolute Gasteiger partial charge is 0.336 e. The molecule has 3 aromatic carbocycles. The number of β-amino-alcohol motifs (C(OH)–C–C–N with tert-alkyl or cyclic N) is 1. The van der Waals surface area contributed by atoms with Gasteiger partial charge in [-0.05, 0) is 40.9 Å². The average molecular weight is 361 g/mol. The first kappa shape index (κ1) is 17.7. The van der Waals surface area contributed by atoms with Crippen molar-refractivity contribution in [2.45, 2.75) is 25.0 Å². The van der Waals surface area contributed by atoms with Crippen LogP contribution in [0.1, 0.15) is 33.8 Å². The lowest BCUT2D eigenvalue weighted by Gasteiger charge is -2.36. The van der Waals surface area contributed by atoms with E-state index in [0.717, 1.165) is 18.5 Å². The maximum Gasteiger partial charge on any atom is 0.336 e. The average Bonchev–Trinajstić information content (AvgIpc) is 2.68. The molecule has 4 heteroatoms. The third-order valence-corrected chi connectivity index (χ3v) is 5.51. The van der Waals surface area contributed by atoms with E-state index in [-0.39, 0.29) is 5.92 Å². The zero-order valence-corrected chi connectivity index (χ0v) is 15.1. The molecule has 0 bridgehead atoms. The second kappa shape index (κ2) is 7.51. The monoisotopic (exact) mass is 361 g/mol. The highest BCUT2D eigenvalue weighted by atomic mass is 16.4. The summed E-state index contributed by atoms with van der Waals surface area (Å²) < 4.78 is 0. The van der Waals surface area contributed by atoms with Crippen LogP contribution in [0.4, 0.5) is 0 Å². The second-order valence-electron chi connectivity index (χ2n) is 7.27. The fraction of sp³-hybridized carbons (Fsp3) is 0.261. The number of carboxylic acid groups (broad SMARTS) is 1. The molecular formula is C23H23NO3. The molecule has 0 spiro atoms. The van der Waals surface area contributed by atoms with Crippen LogP contribution in [-0.4, -0.2) is 40.3 Å². The first-order valence-electron chi connectivity index (χ1n) is 9.32. The van der Waals surface area contributed by atoms with Gasteiger partial charge >= 0.3 is 5.97 Å². The van der Waals surface area contributed by atoms with Gasteiger partial charge < -0.3 is 10.2 Å². The number of hydrogen-bond acceptors (Lipinski definition) is 3. The summed E-state index contributed by atoms with van der Waals surface area (Å²) in [7, 11) is 0. The quantitative estimate of drug-likeness (QED) is 0.740. The minimum atomic E-state index is -0.905. The van der Waals surface area contributed by atoms with Gasteiger partial charge in [0, 0.05) is 19.0 Å². The Labute approximate surface area is 158 Å². The van der Waals surface area contributed by atoms with Crippen LogP contribution in [0.25, 0.3) is 10.8 Å². The first-order chi connectivity index (χ1) is 13.1. The maximum absolute atomic E-state index is 11.4. The van der Waals surface area contributed by atoms with Gasteiger partial charge in [-0.25, -0.2) is 4.79 Å². The Hall–Kier alpha value is -2.69. The van der Waals surface area contributed by atoms with Crippen LogP contribution >= 0.6 is 0 Å². The van der Waals surface area contributed by atoms with E-state index in [1.165, 1.54) is 16.3 Å². The highest BCUT2D eigenvalue weighted by molar-refractivity contribution is 5.89. The number of fused-ring (bicyclic) bond motifs is 1. The van der Waals surface area contributed by atoms with Crippen LogP contribution in [0.15, 0.2) is 66.7 Å². The van der Waals surface area contributed by atoms with Crippen molar-refractivity contribution in [3.05, 3.63) is 83.4 Å². The predicted octanol–water partition coefficient (Wildman–Crippen LogP) is 3.89. The zero-order valence-electron chi connectivity index (χ0n) is 15.1. The van der Waals surface area contributed by atoms with Gasteiger partial charge in [0.1, 0.15) is 0 Å². The number of nitrogens with zero attached hydrogens (tertiary/aromatic N) is 1. The van der Waals surface area contributed by atoms with Crippen LogP contribution in [0.3, 0.4) is 0 Å². The summed E-state index contributed by atoms with van der Waals surface area (Å²) in [5.41, 5.74) is 2.30. The van der Waals surface area contributed by atoms with Crippen molar-refractivity contribution in [1.29, 1.82) is 0 Å². The molecule has 0 unspecified atom stereocenters. The number of hydrogen-bond donors (Lipinski definition) is 2. The number of piperidine rings is 1. The topological polar surface area (TPSA) is 60.8 Å². The third kappa shape index (κ3) is 3.72. The molecule has 0 aromatic heterocycles. The maximum atomic E-state index is 11.4. The highest BCUT2D eigenvalue weighted by Crippen LogP contribution is 2.31. The van der Waals surface area contributed by atoms with Crippen LogP contribution in [0, 0.1) is 0 Å². The molecule has 3 aromatic rings. The number of rotatable bonds is 4. The fourth-order valence-corrected chi connectivity index (χ4v) is 4.08. The van der Waals surface area contributed by atoms with E-state index >= 15 is 0 Å². The fourth-order valence-electron chi connectivity index (χ4n) is 4.08. The van der Waals surface area contributed by atoms with Crippen LogP contribution < -0.4 is 0 Å². The van der Waals surface area contributed by atoms with E-state index in [4.69, 9.17) is 0 Å². The zero-order chi connectivity index (χ0) is 18.8. The Kier molecular flexibility index (Phi) is 4.92. The highest BCUT2D eigenvalue weighted by Gasteiger charge is 2.29. The lowest BCUT2D eigenvalue weighted by molar-refractivity contribution is 0.0473. The molecule has 2 atom stereocenters. The Morgan fingerprint density at radius 2 is 1.74 bits per heavy atom. The van der Waals surface area contributed by atoms with Crippen molar-refractivity contribution in [3.8, 4) is 0 Å². The van der Waals surface area contributed by atoms with Crippen molar-refractivity contribution in [1.82, 2.24) is 4.90 Å². The van der Waals surface area contributed by atoms with Gasteiger partial charge in [0.25, 0.3) is 0 Å². The van der Waals surface area contributed by atoms with E-state index in [0.29, 0.717) is 18.7 Å². The van der Waals surface area contributed by atoms with Crippen molar-refractivity contribution in [2.75, 3.05) is 13.1 Å². The third-order valence-electron chi connectivity index (χ3n) is 5.51. The summed E-state index contributed by atoms with van der Waals surface area (Å²) >= 11 is 0. The molecule has 4 nitrogen and oxygen atoms in total. The van der Waals surface area contributed by atoms with Crippen molar-refractivity contribution in [2.24, 2.45) is 0 Å². The molecule has 0 amide bonds. The number of aliphatic hydroxyl groups excluding tert-OH is 1. The van der Waals surface area contributed by atoms with E-state index in [9.17, 15) is 15.0 Å². The molecule has 0 radical (unpaired) electrons. The second-order valence-corrected chi connectivity index (χ2v) is 7.27. The summed E-state index contributed by atoms with van der Waals surface area (Å²) in [4.78, 5) is 13.5. The van der Waals surface area contributed by atoms with E-state index in [1.807, 2.05) is 24.3 Å². The van der Waals surface area contributed by atoms with Gasteiger partial charge in [-0.1, -0.05) is 60.7 Å². The van der Waals surface area contributed by atoms with Gasteiger partial charge in [0.2, 0.25) is 0 Å². The van der Waals surface area contributed by atoms with Crippen LogP contribution in [0.2, 0.25) is 0 Å². The largest absolute Gasteiger partial charge is 0.478 e. The Balaban J connectivity index is 1.48. The molecule has 1 saturated heterocycles. The van der Waals surface area contributed by atoms with E-state index in [1.54, 1.807) is 12.1 Å². The number of carboxylic acids is 1. The summed E-state index contributed by atoms with van der Waals surface area (Å²) in [6.45, 7) is 1.93. The first-order valence-corrected chi connectivity index (χ1v) is 9.32. The van der Waals surface area contributed by atoms with Crippen molar-refractivity contribution in [3.63, 3.8) is 0 Å². The normalized spacial score (nSPS) is 20.6. The molecule has 2 N–H and O–H groups in total. The Morgan fingerprint density at radius 1 is 1.00 bits per heavy atom. The minimum absolute atomic E-state index is 0.112. The summed E-state index contributed by atoms with van der Waals surface area (Å²) in [5, 5.41) is 22.5. The number of likely N-dealkylation sites (tertiary alicyclic amines) is 1. The molecule has 4 rings (SSSR count). The summed E-state index contributed by atoms with van der Waals surface area (Å²) in [6, 6.07) is 21.8. The van der Waals surface area contributed by atoms with Gasteiger partial charge in [0.05, 0.1) is 11.7 Å². The summed E-state index contributed by atoms with van der Waals surface area (Å²) in [5.74, 6) is -0.794. The molecule has 138 valence electrons. The molecule has 1 aliphatic heterocycles. The van der Waals surface area contributed by atoms with E-state index in [2.05, 4.69) is 35.2 Å². The minimum Gasteiger partial charge on any atom is -0.478 e. The van der Waals surface area contributed by atoms with Gasteiger partial charge in [0.15, 0.2) is 0 Å². The lowest BCUT2D eigenvalue weighted by atomic mass is 9.86. The number of aromatic carboxylic acids is 1. The van der Waals surface area contributed by atoms with Gasteiger partial charge in [-0.2, -0.15) is 0 Å². The van der Waals surface area contributed by atoms with Gasteiger partial charge in [-0.3, -0.25) is 4.90 Å². The molecule has 27 heavy (non-hydrogen) atoms. The molecular weight excluding hydrogens is 338 g/mol. The van der Waals surface area contributed by atoms with Crippen LogP contribution in [-0.2, 0) is 6.54 Å². The van der Waals surface area contributed by atoms with Crippen LogP contribution in [0.5, 0.6) is 0 Å². The predicted molar refractivity (Wildman–Crippen MR) is 106 cm³/mol. The van der Waals surface area contributed by atoms with E-state index < -0.39 is 12.1 Å². The SMILES string of the molecule is O=C(O)c1ccccc1CN1CC[C@@H](c2ccc3ccccc3c2)[C@H](O)C1.